The number of aromatic nitrogens is 1. The number of aliphatic carboxylic acids is 1. The normalized spacial score (nSPS) is 11.9. The van der Waals surface area contributed by atoms with E-state index in [9.17, 15) is 4.79 Å². The molecule has 0 saturated carbocycles. The first kappa shape index (κ1) is 9.52. The summed E-state index contributed by atoms with van der Waals surface area (Å²) in [5, 5.41) is 9.83. The molecule has 1 aromatic heterocycles. The van der Waals surface area contributed by atoms with Gasteiger partial charge < -0.3 is 10.1 Å². The molecule has 0 aliphatic rings. The van der Waals surface area contributed by atoms with Crippen molar-refractivity contribution in [1.29, 1.82) is 0 Å². The molecular weight excluding hydrogens is 190 g/mol. The fourth-order valence-electron chi connectivity index (χ4n) is 1.47. The minimum atomic E-state index is -0.885. The number of rotatable bonds is 2. The first-order chi connectivity index (χ1) is 7.16. The van der Waals surface area contributed by atoms with Crippen molar-refractivity contribution in [2.75, 3.05) is 0 Å². The molecule has 0 bridgehead atoms. The molecular formula is C12H11NO2. The van der Waals surface area contributed by atoms with Crippen molar-refractivity contribution in [3.8, 4) is 0 Å². The Kier molecular flexibility index (Phi) is 2.29. The Bertz CT molecular complexity index is 537. The van der Waals surface area contributed by atoms with Crippen molar-refractivity contribution in [1.82, 2.24) is 4.98 Å². The summed E-state index contributed by atoms with van der Waals surface area (Å²) >= 11 is 0. The lowest BCUT2D eigenvalue weighted by atomic mass is 10.1. The molecule has 15 heavy (non-hydrogen) atoms. The SMILES string of the molecule is C/C(=C\c1ccc2[nH]ccc2c1)C(=O)O. The smallest absolute Gasteiger partial charge is 0.331 e. The number of aromatic amines is 1. The second-order valence-corrected chi connectivity index (χ2v) is 3.46. The summed E-state index contributed by atoms with van der Waals surface area (Å²) in [5.41, 5.74) is 2.30. The molecule has 0 aliphatic carbocycles. The van der Waals surface area contributed by atoms with Crippen molar-refractivity contribution in [2.24, 2.45) is 0 Å². The van der Waals surface area contributed by atoms with Crippen LogP contribution in [0, 0.1) is 0 Å². The molecule has 3 heteroatoms. The van der Waals surface area contributed by atoms with Crippen LogP contribution < -0.4 is 0 Å². The third kappa shape index (κ3) is 1.91. The van der Waals surface area contributed by atoms with Gasteiger partial charge in [0.05, 0.1) is 0 Å². The topological polar surface area (TPSA) is 53.1 Å². The van der Waals surface area contributed by atoms with E-state index in [1.165, 1.54) is 0 Å². The number of hydrogen-bond donors (Lipinski definition) is 2. The second-order valence-electron chi connectivity index (χ2n) is 3.46. The largest absolute Gasteiger partial charge is 0.478 e. The molecule has 2 N–H and O–H groups in total. The maximum absolute atomic E-state index is 10.6. The van der Waals surface area contributed by atoms with E-state index in [1.807, 2.05) is 30.5 Å². The van der Waals surface area contributed by atoms with Crippen LogP contribution in [0.2, 0.25) is 0 Å². The molecule has 0 spiro atoms. The number of H-pyrrole nitrogens is 1. The number of carbonyl (C=O) groups is 1. The van der Waals surface area contributed by atoms with Crippen molar-refractivity contribution >= 4 is 22.9 Å². The third-order valence-electron chi connectivity index (χ3n) is 2.30. The summed E-state index contributed by atoms with van der Waals surface area (Å²) in [4.78, 5) is 13.7. The molecule has 0 amide bonds. The zero-order chi connectivity index (χ0) is 10.8. The molecule has 1 heterocycles. The summed E-state index contributed by atoms with van der Waals surface area (Å²) in [6.45, 7) is 1.59. The van der Waals surface area contributed by atoms with Gasteiger partial charge in [-0.25, -0.2) is 4.79 Å². The van der Waals surface area contributed by atoms with Crippen LogP contribution in [-0.2, 0) is 4.79 Å². The number of fused-ring (bicyclic) bond motifs is 1. The second kappa shape index (κ2) is 3.61. The molecule has 2 rings (SSSR count). The van der Waals surface area contributed by atoms with Crippen molar-refractivity contribution < 1.29 is 9.90 Å². The van der Waals surface area contributed by atoms with Crippen LogP contribution in [0.25, 0.3) is 17.0 Å². The minimum Gasteiger partial charge on any atom is -0.478 e. The van der Waals surface area contributed by atoms with Crippen LogP contribution in [0.15, 0.2) is 36.0 Å². The summed E-state index contributed by atoms with van der Waals surface area (Å²) in [5.74, 6) is -0.885. The van der Waals surface area contributed by atoms with Gasteiger partial charge in [0.25, 0.3) is 0 Å². The maximum atomic E-state index is 10.6. The van der Waals surface area contributed by atoms with Crippen LogP contribution in [0.3, 0.4) is 0 Å². The summed E-state index contributed by atoms with van der Waals surface area (Å²) in [6, 6.07) is 7.75. The van der Waals surface area contributed by atoms with E-state index in [-0.39, 0.29) is 0 Å². The predicted molar refractivity (Wildman–Crippen MR) is 59.6 cm³/mol. The molecule has 0 saturated heterocycles. The number of hydrogen-bond acceptors (Lipinski definition) is 1. The van der Waals surface area contributed by atoms with Crippen LogP contribution in [-0.4, -0.2) is 16.1 Å². The van der Waals surface area contributed by atoms with Gasteiger partial charge in [-0.1, -0.05) is 6.07 Å². The van der Waals surface area contributed by atoms with Gasteiger partial charge in [0.15, 0.2) is 0 Å². The molecule has 0 aliphatic heterocycles. The monoisotopic (exact) mass is 201 g/mol. The van der Waals surface area contributed by atoms with E-state index in [2.05, 4.69) is 4.98 Å². The Morgan fingerprint density at radius 3 is 2.93 bits per heavy atom. The third-order valence-corrected chi connectivity index (χ3v) is 2.30. The average Bonchev–Trinajstić information content (AvgIpc) is 2.64. The van der Waals surface area contributed by atoms with Gasteiger partial charge in [-0.05, 0) is 42.1 Å². The van der Waals surface area contributed by atoms with E-state index in [0.717, 1.165) is 16.5 Å². The summed E-state index contributed by atoms with van der Waals surface area (Å²) in [7, 11) is 0. The number of carboxylic acid groups (broad SMARTS) is 1. The fourth-order valence-corrected chi connectivity index (χ4v) is 1.47. The molecule has 76 valence electrons. The molecule has 2 aromatic rings. The zero-order valence-corrected chi connectivity index (χ0v) is 8.32. The van der Waals surface area contributed by atoms with E-state index >= 15 is 0 Å². The van der Waals surface area contributed by atoms with E-state index < -0.39 is 5.97 Å². The first-order valence-electron chi connectivity index (χ1n) is 4.65. The van der Waals surface area contributed by atoms with Crippen molar-refractivity contribution in [3.05, 3.63) is 41.6 Å². The van der Waals surface area contributed by atoms with Crippen LogP contribution in [0.1, 0.15) is 12.5 Å². The summed E-state index contributed by atoms with van der Waals surface area (Å²) < 4.78 is 0. The lowest BCUT2D eigenvalue weighted by Crippen LogP contribution is -1.95. The number of benzene rings is 1. The highest BCUT2D eigenvalue weighted by Crippen LogP contribution is 2.16. The molecule has 0 radical (unpaired) electrons. The molecule has 0 atom stereocenters. The molecule has 0 unspecified atom stereocenters. The zero-order valence-electron chi connectivity index (χ0n) is 8.32. The lowest BCUT2D eigenvalue weighted by Gasteiger charge is -1.96. The van der Waals surface area contributed by atoms with Crippen LogP contribution in [0.5, 0.6) is 0 Å². The highest BCUT2D eigenvalue weighted by molar-refractivity contribution is 5.92. The first-order valence-corrected chi connectivity index (χ1v) is 4.65. The van der Waals surface area contributed by atoms with Gasteiger partial charge in [0.2, 0.25) is 0 Å². The van der Waals surface area contributed by atoms with Crippen molar-refractivity contribution in [2.45, 2.75) is 6.92 Å². The van der Waals surface area contributed by atoms with Gasteiger partial charge in [0.1, 0.15) is 0 Å². The Labute approximate surface area is 87.0 Å². The van der Waals surface area contributed by atoms with Gasteiger partial charge in [0, 0.05) is 17.3 Å². The molecule has 1 aromatic carbocycles. The molecule has 0 fully saturated rings. The lowest BCUT2D eigenvalue weighted by molar-refractivity contribution is -0.132. The minimum absolute atomic E-state index is 0.338. The van der Waals surface area contributed by atoms with Gasteiger partial charge >= 0.3 is 5.97 Å². The fraction of sp³-hybridized carbons (Fsp3) is 0.0833. The number of carboxylic acids is 1. The highest BCUT2D eigenvalue weighted by Gasteiger charge is 2.00. The Morgan fingerprint density at radius 2 is 2.20 bits per heavy atom. The standard InChI is InChI=1S/C12H11NO2/c1-8(12(14)15)6-9-2-3-11-10(7-9)4-5-13-11/h2-7,13H,1H3,(H,14,15)/b8-6+. The Morgan fingerprint density at radius 1 is 1.40 bits per heavy atom. The van der Waals surface area contributed by atoms with Crippen LogP contribution in [0.4, 0.5) is 0 Å². The number of nitrogens with one attached hydrogen (secondary N) is 1. The van der Waals surface area contributed by atoms with E-state index in [4.69, 9.17) is 5.11 Å². The van der Waals surface area contributed by atoms with E-state index in [0.29, 0.717) is 5.57 Å². The van der Waals surface area contributed by atoms with E-state index in [1.54, 1.807) is 13.0 Å². The molecule has 3 nitrogen and oxygen atoms in total. The van der Waals surface area contributed by atoms with Gasteiger partial charge in [-0.2, -0.15) is 0 Å². The maximum Gasteiger partial charge on any atom is 0.331 e. The summed E-state index contributed by atoms with van der Waals surface area (Å²) in [6.07, 6.45) is 3.52. The van der Waals surface area contributed by atoms with Crippen molar-refractivity contribution in [3.63, 3.8) is 0 Å². The Hall–Kier alpha value is -2.03. The predicted octanol–water partition coefficient (Wildman–Crippen LogP) is 2.66. The van der Waals surface area contributed by atoms with Gasteiger partial charge in [-0.15, -0.1) is 0 Å². The highest BCUT2D eigenvalue weighted by atomic mass is 16.4. The average molecular weight is 201 g/mol. The Balaban J connectivity index is 2.44. The van der Waals surface area contributed by atoms with Gasteiger partial charge in [-0.3, -0.25) is 0 Å². The quantitative estimate of drug-likeness (QED) is 0.734. The van der Waals surface area contributed by atoms with Crippen LogP contribution >= 0.6 is 0 Å².